The van der Waals surface area contributed by atoms with E-state index in [-0.39, 0.29) is 12.1 Å². The number of benzene rings is 1. The SMILES string of the molecule is CC(C)(C)OC(=O)NC1CCC(CCN2Cc3ccc(Br)cc3C2)CC1. The Bertz CT molecular complexity index is 633. The molecule has 1 aromatic rings. The van der Waals surface area contributed by atoms with Crippen molar-refractivity contribution in [3.8, 4) is 0 Å². The van der Waals surface area contributed by atoms with E-state index in [9.17, 15) is 4.79 Å². The summed E-state index contributed by atoms with van der Waals surface area (Å²) in [5.74, 6) is 0.780. The van der Waals surface area contributed by atoms with Crippen LogP contribution < -0.4 is 5.32 Å². The van der Waals surface area contributed by atoms with E-state index in [1.165, 1.54) is 41.4 Å². The number of carbonyl (C=O) groups is 1. The standard InChI is InChI=1S/C21H31BrN2O2/c1-21(2,3)26-20(25)23-19-8-4-15(5-9-19)10-11-24-13-16-6-7-18(22)12-17(16)14-24/h6-7,12,15,19H,4-5,8-11,13-14H2,1-3H3,(H,23,25). The summed E-state index contributed by atoms with van der Waals surface area (Å²) in [6.07, 6.45) is 5.52. The van der Waals surface area contributed by atoms with E-state index in [4.69, 9.17) is 4.74 Å². The minimum atomic E-state index is -0.426. The van der Waals surface area contributed by atoms with Crippen molar-refractivity contribution in [1.82, 2.24) is 10.2 Å². The van der Waals surface area contributed by atoms with Crippen LogP contribution in [0.4, 0.5) is 4.79 Å². The number of nitrogens with zero attached hydrogens (tertiary/aromatic N) is 1. The fourth-order valence-corrected chi connectivity index (χ4v) is 4.44. The van der Waals surface area contributed by atoms with E-state index < -0.39 is 5.60 Å². The smallest absolute Gasteiger partial charge is 0.407 e. The van der Waals surface area contributed by atoms with Gasteiger partial charge in [-0.1, -0.05) is 22.0 Å². The molecular formula is C21H31BrN2O2. The number of ether oxygens (including phenoxy) is 1. The number of amides is 1. The van der Waals surface area contributed by atoms with Crippen LogP contribution in [-0.2, 0) is 17.8 Å². The maximum atomic E-state index is 11.9. The van der Waals surface area contributed by atoms with Gasteiger partial charge >= 0.3 is 6.09 Å². The fraction of sp³-hybridized carbons (Fsp3) is 0.667. The van der Waals surface area contributed by atoms with Crippen molar-refractivity contribution in [2.45, 2.75) is 77.6 Å². The zero-order valence-electron chi connectivity index (χ0n) is 16.2. The van der Waals surface area contributed by atoms with Crippen LogP contribution in [0, 0.1) is 5.92 Å². The van der Waals surface area contributed by atoms with Gasteiger partial charge in [-0.2, -0.15) is 0 Å². The molecule has 0 saturated heterocycles. The van der Waals surface area contributed by atoms with Gasteiger partial charge in [-0.3, -0.25) is 4.90 Å². The molecule has 5 heteroatoms. The van der Waals surface area contributed by atoms with Gasteiger partial charge in [-0.15, -0.1) is 0 Å². The van der Waals surface area contributed by atoms with E-state index in [2.05, 4.69) is 44.3 Å². The second-order valence-electron chi connectivity index (χ2n) is 8.78. The third kappa shape index (κ3) is 5.71. The first-order valence-electron chi connectivity index (χ1n) is 9.78. The largest absolute Gasteiger partial charge is 0.444 e. The summed E-state index contributed by atoms with van der Waals surface area (Å²) in [6, 6.07) is 6.91. The normalized spacial score (nSPS) is 23.5. The molecule has 2 aliphatic rings. The minimum absolute atomic E-state index is 0.273. The van der Waals surface area contributed by atoms with Crippen molar-refractivity contribution < 1.29 is 9.53 Å². The Labute approximate surface area is 165 Å². The number of hydrogen-bond donors (Lipinski definition) is 1. The molecule has 1 saturated carbocycles. The van der Waals surface area contributed by atoms with Crippen molar-refractivity contribution >= 4 is 22.0 Å². The third-order valence-electron chi connectivity index (χ3n) is 5.38. The molecule has 1 fully saturated rings. The number of rotatable bonds is 4. The molecule has 26 heavy (non-hydrogen) atoms. The highest BCUT2D eigenvalue weighted by molar-refractivity contribution is 9.10. The molecule has 0 aromatic heterocycles. The van der Waals surface area contributed by atoms with Crippen LogP contribution in [-0.4, -0.2) is 29.2 Å². The van der Waals surface area contributed by atoms with Gasteiger partial charge in [-0.05, 0) is 88.6 Å². The molecule has 0 bridgehead atoms. The van der Waals surface area contributed by atoms with E-state index in [1.807, 2.05) is 20.8 Å². The minimum Gasteiger partial charge on any atom is -0.444 e. The molecular weight excluding hydrogens is 392 g/mol. The highest BCUT2D eigenvalue weighted by Crippen LogP contribution is 2.30. The quantitative estimate of drug-likeness (QED) is 0.720. The van der Waals surface area contributed by atoms with Gasteiger partial charge in [-0.25, -0.2) is 4.79 Å². The van der Waals surface area contributed by atoms with Crippen molar-refractivity contribution in [3.05, 3.63) is 33.8 Å². The van der Waals surface area contributed by atoms with Gasteiger partial charge < -0.3 is 10.1 Å². The molecule has 1 aliphatic heterocycles. The predicted molar refractivity (Wildman–Crippen MR) is 108 cm³/mol. The van der Waals surface area contributed by atoms with Gasteiger partial charge in [0.25, 0.3) is 0 Å². The molecule has 1 aliphatic carbocycles. The molecule has 1 aromatic carbocycles. The lowest BCUT2D eigenvalue weighted by atomic mass is 9.84. The lowest BCUT2D eigenvalue weighted by Crippen LogP contribution is -2.41. The van der Waals surface area contributed by atoms with Crippen LogP contribution in [0.15, 0.2) is 22.7 Å². The van der Waals surface area contributed by atoms with Crippen molar-refractivity contribution in [2.24, 2.45) is 5.92 Å². The van der Waals surface area contributed by atoms with Crippen LogP contribution in [0.5, 0.6) is 0 Å². The Morgan fingerprint density at radius 3 is 2.58 bits per heavy atom. The Morgan fingerprint density at radius 1 is 1.19 bits per heavy atom. The van der Waals surface area contributed by atoms with Crippen LogP contribution in [0.1, 0.15) is 64.0 Å². The molecule has 0 atom stereocenters. The van der Waals surface area contributed by atoms with Crippen LogP contribution in [0.3, 0.4) is 0 Å². The van der Waals surface area contributed by atoms with Crippen molar-refractivity contribution in [1.29, 1.82) is 0 Å². The summed E-state index contributed by atoms with van der Waals surface area (Å²) in [5, 5.41) is 3.03. The number of hydrogen-bond acceptors (Lipinski definition) is 3. The third-order valence-corrected chi connectivity index (χ3v) is 5.87. The lowest BCUT2D eigenvalue weighted by molar-refractivity contribution is 0.0486. The van der Waals surface area contributed by atoms with E-state index in [0.717, 1.165) is 31.8 Å². The average Bonchev–Trinajstić information content (AvgIpc) is 2.94. The second-order valence-corrected chi connectivity index (χ2v) is 9.69. The van der Waals surface area contributed by atoms with E-state index >= 15 is 0 Å². The molecule has 0 unspecified atom stereocenters. The van der Waals surface area contributed by atoms with Crippen molar-refractivity contribution in [3.63, 3.8) is 0 Å². The summed E-state index contributed by atoms with van der Waals surface area (Å²) in [4.78, 5) is 14.5. The molecule has 0 radical (unpaired) electrons. The predicted octanol–water partition coefficient (Wildman–Crippen LogP) is 5.24. The van der Waals surface area contributed by atoms with Crippen LogP contribution >= 0.6 is 15.9 Å². The number of fused-ring (bicyclic) bond motifs is 1. The first kappa shape index (κ1) is 19.7. The summed E-state index contributed by atoms with van der Waals surface area (Å²) in [7, 11) is 0. The molecule has 4 nitrogen and oxygen atoms in total. The maximum absolute atomic E-state index is 11.9. The van der Waals surface area contributed by atoms with Gasteiger partial charge in [0.05, 0.1) is 0 Å². The molecule has 1 amide bonds. The summed E-state index contributed by atoms with van der Waals surface area (Å²) in [6.45, 7) is 9.03. The van der Waals surface area contributed by atoms with Gasteiger partial charge in [0.1, 0.15) is 5.60 Å². The van der Waals surface area contributed by atoms with Crippen molar-refractivity contribution in [2.75, 3.05) is 6.54 Å². The average molecular weight is 423 g/mol. The Kier molecular flexibility index (Phi) is 6.29. The van der Waals surface area contributed by atoms with Crippen LogP contribution in [0.2, 0.25) is 0 Å². The molecule has 3 rings (SSSR count). The lowest BCUT2D eigenvalue weighted by Gasteiger charge is -2.31. The van der Waals surface area contributed by atoms with Gasteiger partial charge in [0, 0.05) is 23.6 Å². The second kappa shape index (κ2) is 8.30. The topological polar surface area (TPSA) is 41.6 Å². The van der Waals surface area contributed by atoms with E-state index in [0.29, 0.717) is 0 Å². The Hall–Kier alpha value is -1.07. The number of halogens is 1. The zero-order valence-corrected chi connectivity index (χ0v) is 17.8. The molecule has 0 spiro atoms. The molecule has 1 heterocycles. The summed E-state index contributed by atoms with van der Waals surface area (Å²) >= 11 is 3.57. The summed E-state index contributed by atoms with van der Waals surface area (Å²) < 4.78 is 6.54. The van der Waals surface area contributed by atoms with Gasteiger partial charge in [0.2, 0.25) is 0 Å². The van der Waals surface area contributed by atoms with E-state index in [1.54, 1.807) is 0 Å². The Morgan fingerprint density at radius 2 is 1.88 bits per heavy atom. The molecule has 1 N–H and O–H groups in total. The number of carbonyl (C=O) groups excluding carboxylic acids is 1. The number of alkyl carbamates (subject to hydrolysis) is 1. The monoisotopic (exact) mass is 422 g/mol. The van der Waals surface area contributed by atoms with Crippen LogP contribution in [0.25, 0.3) is 0 Å². The summed E-state index contributed by atoms with van der Waals surface area (Å²) in [5.41, 5.74) is 2.51. The van der Waals surface area contributed by atoms with Gasteiger partial charge in [0.15, 0.2) is 0 Å². The maximum Gasteiger partial charge on any atom is 0.407 e. The fourth-order valence-electron chi connectivity index (χ4n) is 4.03. The number of nitrogens with one attached hydrogen (secondary N) is 1. The zero-order chi connectivity index (χ0) is 18.7. The Balaban J connectivity index is 1.36. The first-order valence-corrected chi connectivity index (χ1v) is 10.6. The highest BCUT2D eigenvalue weighted by Gasteiger charge is 2.26. The highest BCUT2D eigenvalue weighted by atomic mass is 79.9. The first-order chi connectivity index (χ1) is 12.3. The molecule has 144 valence electrons.